The quantitative estimate of drug-likeness (QED) is 0.207. The van der Waals surface area contributed by atoms with Crippen molar-refractivity contribution in [3.63, 3.8) is 0 Å². The molecule has 32 heavy (non-hydrogen) atoms. The van der Waals surface area contributed by atoms with E-state index in [-0.39, 0.29) is 24.0 Å². The van der Waals surface area contributed by atoms with E-state index in [9.17, 15) is 0 Å². The summed E-state index contributed by atoms with van der Waals surface area (Å²) < 4.78 is 5.26. The Labute approximate surface area is 213 Å². The van der Waals surface area contributed by atoms with Crippen LogP contribution in [0.4, 0.5) is 5.69 Å². The molecule has 0 saturated carbocycles. The highest BCUT2D eigenvalue weighted by Gasteiger charge is 2.16. The molecule has 2 N–H and O–H groups in total. The third kappa shape index (κ3) is 8.08. The van der Waals surface area contributed by atoms with Gasteiger partial charge in [0.1, 0.15) is 10.8 Å². The monoisotopic (exact) mass is 572 g/mol. The molecule has 0 amide bonds. The average molecular weight is 573 g/mol. The van der Waals surface area contributed by atoms with Crippen molar-refractivity contribution in [2.24, 2.45) is 4.99 Å². The van der Waals surface area contributed by atoms with Gasteiger partial charge in [0.05, 0.1) is 19.3 Å². The number of anilines is 1. The number of aromatic nitrogens is 1. The van der Waals surface area contributed by atoms with E-state index in [0.717, 1.165) is 74.6 Å². The number of nitrogens with one attached hydrogen (secondary N) is 2. The van der Waals surface area contributed by atoms with Crippen molar-refractivity contribution in [2.75, 3.05) is 57.8 Å². The summed E-state index contributed by atoms with van der Waals surface area (Å²) in [5.41, 5.74) is 2.39. The van der Waals surface area contributed by atoms with E-state index in [2.05, 4.69) is 58.3 Å². The lowest BCUT2D eigenvalue weighted by Gasteiger charge is -2.36. The minimum Gasteiger partial charge on any atom is -0.497 e. The Balaban J connectivity index is 0.00000363. The fraction of sp³-hybridized carbons (Fsp3) is 0.565. The fourth-order valence-electron chi connectivity index (χ4n) is 3.63. The minimum atomic E-state index is 0. The van der Waals surface area contributed by atoms with Gasteiger partial charge in [-0.3, -0.25) is 4.90 Å². The average Bonchev–Trinajstić information content (AvgIpc) is 3.12. The molecule has 0 spiro atoms. The maximum absolute atomic E-state index is 5.26. The standard InChI is InChI=1S/C23H36N6OS.HI/c1-5-24-23(26-17-22-27-18(2)19(3)31-22)25-11-6-12-28-13-15-29(16-14-28)20-7-9-21(30-4)10-8-20;/h7-10H,5-6,11-17H2,1-4H3,(H2,24,25,26);1H. The smallest absolute Gasteiger partial charge is 0.191 e. The summed E-state index contributed by atoms with van der Waals surface area (Å²) in [6.07, 6.45) is 1.10. The van der Waals surface area contributed by atoms with Crippen LogP contribution in [-0.2, 0) is 6.54 Å². The number of nitrogens with zero attached hydrogens (tertiary/aromatic N) is 4. The van der Waals surface area contributed by atoms with Crippen molar-refractivity contribution in [1.29, 1.82) is 0 Å². The van der Waals surface area contributed by atoms with Gasteiger partial charge in [-0.1, -0.05) is 0 Å². The van der Waals surface area contributed by atoms with Gasteiger partial charge in [0, 0.05) is 49.8 Å². The maximum atomic E-state index is 5.26. The Morgan fingerprint density at radius 1 is 1.12 bits per heavy atom. The molecule has 7 nitrogen and oxygen atoms in total. The van der Waals surface area contributed by atoms with E-state index < -0.39 is 0 Å². The van der Waals surface area contributed by atoms with Crippen LogP contribution >= 0.6 is 35.3 Å². The molecular weight excluding hydrogens is 535 g/mol. The van der Waals surface area contributed by atoms with Crippen LogP contribution in [0.2, 0.25) is 0 Å². The molecule has 1 saturated heterocycles. The number of piperazine rings is 1. The van der Waals surface area contributed by atoms with Gasteiger partial charge >= 0.3 is 0 Å². The van der Waals surface area contributed by atoms with Crippen molar-refractivity contribution >= 4 is 47.0 Å². The van der Waals surface area contributed by atoms with Crippen molar-refractivity contribution < 1.29 is 4.74 Å². The lowest BCUT2D eigenvalue weighted by molar-refractivity contribution is 0.255. The van der Waals surface area contributed by atoms with Gasteiger partial charge in [0.25, 0.3) is 0 Å². The second-order valence-electron chi connectivity index (χ2n) is 7.75. The molecule has 0 radical (unpaired) electrons. The van der Waals surface area contributed by atoms with Gasteiger partial charge in [0.2, 0.25) is 0 Å². The zero-order valence-corrected chi connectivity index (χ0v) is 22.8. The number of aryl methyl sites for hydroxylation is 2. The molecular formula is C23H37IN6OS. The molecule has 9 heteroatoms. The Bertz CT molecular complexity index is 814. The van der Waals surface area contributed by atoms with Gasteiger partial charge < -0.3 is 20.3 Å². The van der Waals surface area contributed by atoms with E-state index in [1.165, 1.54) is 10.6 Å². The number of guanidine groups is 1. The first-order valence-corrected chi connectivity index (χ1v) is 12.0. The number of thiazole rings is 1. The van der Waals surface area contributed by atoms with Crippen LogP contribution in [0, 0.1) is 13.8 Å². The van der Waals surface area contributed by atoms with Crippen molar-refractivity contribution in [2.45, 2.75) is 33.7 Å². The second kappa shape index (κ2) is 13.8. The summed E-state index contributed by atoms with van der Waals surface area (Å²) in [6, 6.07) is 8.37. The molecule has 2 heterocycles. The molecule has 0 atom stereocenters. The van der Waals surface area contributed by atoms with Gasteiger partial charge in [-0.25, -0.2) is 9.98 Å². The van der Waals surface area contributed by atoms with Crippen LogP contribution in [0.5, 0.6) is 5.75 Å². The zero-order valence-electron chi connectivity index (χ0n) is 19.7. The first-order chi connectivity index (χ1) is 15.1. The third-order valence-corrected chi connectivity index (χ3v) is 6.60. The summed E-state index contributed by atoms with van der Waals surface area (Å²) in [7, 11) is 1.71. The van der Waals surface area contributed by atoms with Crippen LogP contribution in [0.3, 0.4) is 0 Å². The van der Waals surface area contributed by atoms with Crippen molar-refractivity contribution in [3.8, 4) is 5.75 Å². The lowest BCUT2D eigenvalue weighted by atomic mass is 10.2. The third-order valence-electron chi connectivity index (χ3n) is 5.54. The van der Waals surface area contributed by atoms with E-state index in [1.54, 1.807) is 18.4 Å². The van der Waals surface area contributed by atoms with Gasteiger partial charge in [-0.2, -0.15) is 0 Å². The molecule has 1 aliphatic rings. The maximum Gasteiger partial charge on any atom is 0.191 e. The molecule has 0 bridgehead atoms. The van der Waals surface area contributed by atoms with Crippen LogP contribution < -0.4 is 20.3 Å². The van der Waals surface area contributed by atoms with Crippen LogP contribution in [-0.4, -0.2) is 68.8 Å². The van der Waals surface area contributed by atoms with Crippen molar-refractivity contribution in [1.82, 2.24) is 20.5 Å². The van der Waals surface area contributed by atoms with E-state index in [1.807, 2.05) is 12.1 Å². The Morgan fingerprint density at radius 2 is 1.84 bits per heavy atom. The molecule has 1 fully saturated rings. The molecule has 1 aromatic carbocycles. The SMILES string of the molecule is CCNC(=NCc1nc(C)c(C)s1)NCCCN1CCN(c2ccc(OC)cc2)CC1.I. The molecule has 3 rings (SSSR count). The predicted octanol–water partition coefficient (Wildman–Crippen LogP) is 3.65. The summed E-state index contributed by atoms with van der Waals surface area (Å²) in [6.45, 7) is 14.1. The first kappa shape index (κ1) is 26.7. The van der Waals surface area contributed by atoms with Crippen LogP contribution in [0.15, 0.2) is 29.3 Å². The summed E-state index contributed by atoms with van der Waals surface area (Å²) in [5.74, 6) is 1.78. The number of rotatable bonds is 9. The number of ether oxygens (including phenoxy) is 1. The van der Waals surface area contributed by atoms with Gasteiger partial charge in [-0.15, -0.1) is 35.3 Å². The van der Waals surface area contributed by atoms with E-state index in [4.69, 9.17) is 9.73 Å². The minimum absolute atomic E-state index is 0. The normalized spacial score (nSPS) is 14.8. The lowest BCUT2D eigenvalue weighted by Crippen LogP contribution is -2.47. The van der Waals surface area contributed by atoms with Crippen LogP contribution in [0.1, 0.15) is 28.9 Å². The topological polar surface area (TPSA) is 65.0 Å². The molecule has 1 aromatic heterocycles. The number of aliphatic imine (C=N–C) groups is 1. The predicted molar refractivity (Wildman–Crippen MR) is 146 cm³/mol. The number of hydrogen-bond donors (Lipinski definition) is 2. The number of methoxy groups -OCH3 is 1. The first-order valence-electron chi connectivity index (χ1n) is 11.2. The Kier molecular flexibility index (Phi) is 11.5. The van der Waals surface area contributed by atoms with Gasteiger partial charge in [0.15, 0.2) is 5.96 Å². The second-order valence-corrected chi connectivity index (χ2v) is 9.04. The van der Waals surface area contributed by atoms with Crippen molar-refractivity contribution in [3.05, 3.63) is 39.8 Å². The molecule has 178 valence electrons. The Morgan fingerprint density at radius 3 is 2.44 bits per heavy atom. The highest BCUT2D eigenvalue weighted by atomic mass is 127. The largest absolute Gasteiger partial charge is 0.497 e. The van der Waals surface area contributed by atoms with Crippen LogP contribution in [0.25, 0.3) is 0 Å². The molecule has 0 unspecified atom stereocenters. The number of halogens is 1. The number of hydrogen-bond acceptors (Lipinski definition) is 6. The van der Waals surface area contributed by atoms with Gasteiger partial charge in [-0.05, 0) is 58.0 Å². The molecule has 0 aliphatic carbocycles. The summed E-state index contributed by atoms with van der Waals surface area (Å²) >= 11 is 1.73. The molecule has 2 aromatic rings. The highest BCUT2D eigenvalue weighted by molar-refractivity contribution is 14.0. The zero-order chi connectivity index (χ0) is 22.1. The van der Waals surface area contributed by atoms with E-state index >= 15 is 0 Å². The number of benzene rings is 1. The summed E-state index contributed by atoms with van der Waals surface area (Å²) in [4.78, 5) is 15.5. The fourth-order valence-corrected chi connectivity index (χ4v) is 4.49. The summed E-state index contributed by atoms with van der Waals surface area (Å²) in [5, 5.41) is 7.87. The van der Waals surface area contributed by atoms with E-state index in [0.29, 0.717) is 6.54 Å². The molecule has 1 aliphatic heterocycles. The highest BCUT2D eigenvalue weighted by Crippen LogP contribution is 2.20. The Hall–Kier alpha value is -1.59.